The summed E-state index contributed by atoms with van der Waals surface area (Å²) in [6, 6.07) is 0. The summed E-state index contributed by atoms with van der Waals surface area (Å²) in [5, 5.41) is 0. The maximum Gasteiger partial charge on any atom is -0.0386 e. The third kappa shape index (κ3) is 6.81. The van der Waals surface area contributed by atoms with E-state index < -0.39 is 0 Å². The summed E-state index contributed by atoms with van der Waals surface area (Å²) in [5.41, 5.74) is 0. The van der Waals surface area contributed by atoms with E-state index in [2.05, 4.69) is 13.8 Å². The van der Waals surface area contributed by atoms with Crippen LogP contribution in [-0.4, -0.2) is 0 Å². The molecule has 18 heavy (non-hydrogen) atoms. The van der Waals surface area contributed by atoms with Crippen molar-refractivity contribution in [3.63, 3.8) is 0 Å². The zero-order chi connectivity index (χ0) is 13.1. The molecule has 1 aliphatic rings. The van der Waals surface area contributed by atoms with Crippen molar-refractivity contribution in [1.82, 2.24) is 0 Å². The third-order valence-electron chi connectivity index (χ3n) is 5.00. The second-order valence-corrected chi connectivity index (χ2v) is 6.48. The van der Waals surface area contributed by atoms with Crippen LogP contribution < -0.4 is 0 Å². The lowest BCUT2D eigenvalue weighted by Gasteiger charge is -2.26. The van der Waals surface area contributed by atoms with Gasteiger partial charge in [-0.2, -0.15) is 0 Å². The van der Waals surface area contributed by atoms with Gasteiger partial charge in [-0.1, -0.05) is 104 Å². The van der Waals surface area contributed by atoms with Gasteiger partial charge in [0.25, 0.3) is 0 Å². The highest BCUT2D eigenvalue weighted by atomic mass is 14.2. The summed E-state index contributed by atoms with van der Waals surface area (Å²) in [6.45, 7) is 4.77. The maximum absolute atomic E-state index is 2.41. The maximum atomic E-state index is 2.41. The predicted molar refractivity (Wildman–Crippen MR) is 83.0 cm³/mol. The van der Waals surface area contributed by atoms with Gasteiger partial charge in [0.15, 0.2) is 0 Å². The first-order chi connectivity index (χ1) is 8.88. The molecule has 0 aromatic heterocycles. The molecule has 1 aliphatic carbocycles. The summed E-state index contributed by atoms with van der Waals surface area (Å²) in [6.07, 6.45) is 20.8. The van der Waals surface area contributed by atoms with E-state index in [-0.39, 0.29) is 0 Å². The monoisotopic (exact) mass is 252 g/mol. The van der Waals surface area contributed by atoms with E-state index in [0.29, 0.717) is 0 Å². The van der Waals surface area contributed by atoms with E-state index in [1.54, 1.807) is 0 Å². The van der Waals surface area contributed by atoms with Crippen LogP contribution in [0.2, 0.25) is 0 Å². The zero-order valence-corrected chi connectivity index (χ0v) is 13.1. The van der Waals surface area contributed by atoms with Crippen LogP contribution in [0.4, 0.5) is 0 Å². The summed E-state index contributed by atoms with van der Waals surface area (Å²) in [4.78, 5) is 0. The predicted octanol–water partition coefficient (Wildman–Crippen LogP) is 6.73. The zero-order valence-electron chi connectivity index (χ0n) is 13.1. The van der Waals surface area contributed by atoms with Crippen LogP contribution in [0.5, 0.6) is 0 Å². The van der Waals surface area contributed by atoms with Crippen molar-refractivity contribution in [1.29, 1.82) is 0 Å². The van der Waals surface area contributed by atoms with Gasteiger partial charge in [0.05, 0.1) is 0 Å². The van der Waals surface area contributed by atoms with E-state index in [1.165, 1.54) is 89.9 Å². The highest BCUT2D eigenvalue weighted by molar-refractivity contribution is 4.70. The van der Waals surface area contributed by atoms with Gasteiger partial charge in [-0.3, -0.25) is 0 Å². The molecule has 0 nitrogen and oxygen atoms in total. The minimum atomic E-state index is 1.03. The standard InChI is InChI=1S/C18H36/c1-3-14-17(4-2)18-15-12-10-8-6-5-7-9-11-13-16-18/h17-18H,3-16H2,1-2H3. The van der Waals surface area contributed by atoms with Crippen LogP contribution in [0.3, 0.4) is 0 Å². The fourth-order valence-electron chi connectivity index (χ4n) is 3.81. The van der Waals surface area contributed by atoms with E-state index in [1.807, 2.05) is 0 Å². The Morgan fingerprint density at radius 2 is 1.17 bits per heavy atom. The van der Waals surface area contributed by atoms with Crippen LogP contribution in [0, 0.1) is 11.8 Å². The molecule has 1 atom stereocenters. The molecule has 0 aromatic rings. The Kier molecular flexibility index (Phi) is 9.70. The molecule has 0 amide bonds. The minimum Gasteiger partial charge on any atom is -0.0654 e. The van der Waals surface area contributed by atoms with Crippen molar-refractivity contribution in [2.75, 3.05) is 0 Å². The molecule has 1 fully saturated rings. The van der Waals surface area contributed by atoms with Crippen molar-refractivity contribution in [2.24, 2.45) is 11.8 Å². The van der Waals surface area contributed by atoms with Gasteiger partial charge in [-0.05, 0) is 11.8 Å². The smallest absolute Gasteiger partial charge is 0.0386 e. The second kappa shape index (κ2) is 10.9. The summed E-state index contributed by atoms with van der Waals surface area (Å²) < 4.78 is 0. The Hall–Kier alpha value is 0. The van der Waals surface area contributed by atoms with Gasteiger partial charge < -0.3 is 0 Å². The molecule has 0 spiro atoms. The molecule has 108 valence electrons. The SMILES string of the molecule is CCCC(CC)C1CCCCCCCCCCC1. The van der Waals surface area contributed by atoms with Crippen molar-refractivity contribution < 1.29 is 0 Å². The molecule has 1 unspecified atom stereocenters. The van der Waals surface area contributed by atoms with Crippen LogP contribution in [0.25, 0.3) is 0 Å². The van der Waals surface area contributed by atoms with Crippen molar-refractivity contribution in [2.45, 2.75) is 104 Å². The summed E-state index contributed by atoms with van der Waals surface area (Å²) in [5.74, 6) is 2.08. The van der Waals surface area contributed by atoms with Crippen molar-refractivity contribution in [3.05, 3.63) is 0 Å². The first-order valence-electron chi connectivity index (χ1n) is 8.88. The van der Waals surface area contributed by atoms with Gasteiger partial charge in [0.2, 0.25) is 0 Å². The summed E-state index contributed by atoms with van der Waals surface area (Å²) >= 11 is 0. The number of hydrogen-bond donors (Lipinski definition) is 0. The molecule has 0 heteroatoms. The Morgan fingerprint density at radius 1 is 0.722 bits per heavy atom. The first-order valence-corrected chi connectivity index (χ1v) is 8.88. The Balaban J connectivity index is 2.39. The Labute approximate surface area is 116 Å². The largest absolute Gasteiger partial charge is 0.0654 e. The second-order valence-electron chi connectivity index (χ2n) is 6.48. The summed E-state index contributed by atoms with van der Waals surface area (Å²) in [7, 11) is 0. The fraction of sp³-hybridized carbons (Fsp3) is 1.00. The molecule has 0 aromatic carbocycles. The lowest BCUT2D eigenvalue weighted by atomic mass is 9.79. The van der Waals surface area contributed by atoms with Gasteiger partial charge in [0, 0.05) is 0 Å². The molecule has 1 rings (SSSR count). The normalized spacial score (nSPS) is 23.0. The molecule has 1 saturated carbocycles. The Bertz CT molecular complexity index is 161. The molecule has 0 heterocycles. The van der Waals surface area contributed by atoms with Gasteiger partial charge >= 0.3 is 0 Å². The lowest BCUT2D eigenvalue weighted by Crippen LogP contribution is -2.14. The first kappa shape index (κ1) is 16.1. The number of hydrogen-bond acceptors (Lipinski definition) is 0. The van der Waals surface area contributed by atoms with Crippen molar-refractivity contribution in [3.8, 4) is 0 Å². The van der Waals surface area contributed by atoms with Gasteiger partial charge in [-0.25, -0.2) is 0 Å². The minimum absolute atomic E-state index is 1.03. The number of rotatable bonds is 4. The van der Waals surface area contributed by atoms with Crippen LogP contribution >= 0.6 is 0 Å². The van der Waals surface area contributed by atoms with E-state index >= 15 is 0 Å². The average Bonchev–Trinajstić information content (AvgIpc) is 2.37. The van der Waals surface area contributed by atoms with E-state index in [4.69, 9.17) is 0 Å². The highest BCUT2D eigenvalue weighted by Gasteiger charge is 2.18. The molecule has 0 saturated heterocycles. The third-order valence-corrected chi connectivity index (χ3v) is 5.00. The van der Waals surface area contributed by atoms with Crippen LogP contribution in [-0.2, 0) is 0 Å². The molecule has 0 radical (unpaired) electrons. The van der Waals surface area contributed by atoms with Crippen LogP contribution in [0.1, 0.15) is 104 Å². The molecule has 0 bridgehead atoms. The Morgan fingerprint density at radius 3 is 1.56 bits per heavy atom. The molecule has 0 N–H and O–H groups in total. The highest BCUT2D eigenvalue weighted by Crippen LogP contribution is 2.31. The lowest BCUT2D eigenvalue weighted by molar-refractivity contribution is 0.252. The molecular weight excluding hydrogens is 216 g/mol. The van der Waals surface area contributed by atoms with E-state index in [9.17, 15) is 0 Å². The van der Waals surface area contributed by atoms with Crippen molar-refractivity contribution >= 4 is 0 Å². The quantitative estimate of drug-likeness (QED) is 0.520. The van der Waals surface area contributed by atoms with Crippen LogP contribution in [0.15, 0.2) is 0 Å². The fourth-order valence-corrected chi connectivity index (χ4v) is 3.81. The van der Waals surface area contributed by atoms with Gasteiger partial charge in [0.1, 0.15) is 0 Å². The average molecular weight is 252 g/mol. The molecule has 0 aliphatic heterocycles. The molecular formula is C18H36. The topological polar surface area (TPSA) is 0 Å². The van der Waals surface area contributed by atoms with Gasteiger partial charge in [-0.15, -0.1) is 0 Å². The van der Waals surface area contributed by atoms with E-state index in [0.717, 1.165) is 11.8 Å².